The summed E-state index contributed by atoms with van der Waals surface area (Å²) in [5, 5.41) is 19.5. The van der Waals surface area contributed by atoms with Crippen LogP contribution in [0, 0.1) is 10.1 Å². The molecular formula is C10H13N3O5. The molecule has 0 aliphatic rings. The maximum Gasteiger partial charge on any atom is 0.286 e. The molecule has 0 aliphatic carbocycles. The summed E-state index contributed by atoms with van der Waals surface area (Å²) in [6, 6.07) is 0.429. The molecule has 0 fully saturated rings. The summed E-state index contributed by atoms with van der Waals surface area (Å²) in [5.74, 6) is -0.679. The van der Waals surface area contributed by atoms with E-state index >= 15 is 0 Å². The third kappa shape index (κ3) is 2.72. The molecule has 1 atom stereocenters. The first kappa shape index (κ1) is 13.8. The number of nitrogens with zero attached hydrogens (tertiary/aromatic N) is 2. The zero-order chi connectivity index (χ0) is 13.9. The van der Waals surface area contributed by atoms with Crippen LogP contribution >= 0.6 is 0 Å². The second-order valence-corrected chi connectivity index (χ2v) is 3.81. The number of carbonyl (C=O) groups is 1. The molecule has 0 aliphatic heterocycles. The van der Waals surface area contributed by atoms with Gasteiger partial charge >= 0.3 is 0 Å². The number of hydrogen-bond donors (Lipinski definition) is 2. The summed E-state index contributed by atoms with van der Waals surface area (Å²) in [5.41, 5.74) is -1.41. The molecule has 1 aromatic heterocycles. The van der Waals surface area contributed by atoms with Crippen molar-refractivity contribution in [3.8, 4) is 0 Å². The van der Waals surface area contributed by atoms with Gasteiger partial charge in [-0.15, -0.1) is 0 Å². The molecule has 8 nitrogen and oxygen atoms in total. The number of carbonyl (C=O) groups excluding carboxylic acids is 1. The van der Waals surface area contributed by atoms with Crippen LogP contribution in [0.4, 0.5) is 5.69 Å². The van der Waals surface area contributed by atoms with Gasteiger partial charge in [0.1, 0.15) is 5.56 Å². The number of H-pyrrole nitrogens is 1. The summed E-state index contributed by atoms with van der Waals surface area (Å²) >= 11 is 0. The standard InChI is InChI=1S/C10H13N3O5/c1-6(5-14)12(2)10(16)8-3-7(13(17)18)4-11-9(8)15/h3-4,6,14H,5H2,1-2H3,(H,11,15). The molecule has 1 amide bonds. The van der Waals surface area contributed by atoms with Crippen molar-refractivity contribution in [2.24, 2.45) is 0 Å². The van der Waals surface area contributed by atoms with Crippen LogP contribution in [0.3, 0.4) is 0 Å². The van der Waals surface area contributed by atoms with Crippen LogP contribution in [0.25, 0.3) is 0 Å². The highest BCUT2D eigenvalue weighted by molar-refractivity contribution is 5.94. The first-order valence-corrected chi connectivity index (χ1v) is 5.13. The maximum absolute atomic E-state index is 11.9. The van der Waals surface area contributed by atoms with E-state index in [0.717, 1.165) is 17.2 Å². The van der Waals surface area contributed by atoms with E-state index in [9.17, 15) is 19.7 Å². The Morgan fingerprint density at radius 1 is 1.67 bits per heavy atom. The fourth-order valence-corrected chi connectivity index (χ4v) is 1.25. The Hall–Kier alpha value is -2.22. The lowest BCUT2D eigenvalue weighted by molar-refractivity contribution is -0.385. The molecule has 1 aromatic rings. The lowest BCUT2D eigenvalue weighted by atomic mass is 10.2. The molecule has 1 unspecified atom stereocenters. The molecule has 0 saturated heterocycles. The number of rotatable bonds is 4. The average Bonchev–Trinajstić information content (AvgIpc) is 2.36. The molecule has 1 heterocycles. The van der Waals surface area contributed by atoms with Crippen LogP contribution in [-0.2, 0) is 0 Å². The van der Waals surface area contributed by atoms with E-state index in [0.29, 0.717) is 0 Å². The largest absolute Gasteiger partial charge is 0.394 e. The van der Waals surface area contributed by atoms with Gasteiger partial charge in [-0.3, -0.25) is 19.7 Å². The summed E-state index contributed by atoms with van der Waals surface area (Å²) < 4.78 is 0. The Morgan fingerprint density at radius 2 is 2.28 bits per heavy atom. The topological polar surface area (TPSA) is 117 Å². The normalized spacial score (nSPS) is 11.9. The Kier molecular flexibility index (Phi) is 4.16. The lowest BCUT2D eigenvalue weighted by Gasteiger charge is -2.22. The second-order valence-electron chi connectivity index (χ2n) is 3.81. The summed E-state index contributed by atoms with van der Waals surface area (Å²) in [7, 11) is 1.40. The molecule has 0 spiro atoms. The fraction of sp³-hybridized carbons (Fsp3) is 0.400. The number of aliphatic hydroxyl groups excluding tert-OH is 1. The smallest absolute Gasteiger partial charge is 0.286 e. The predicted octanol–water partition coefficient (Wildman–Crippen LogP) is -0.264. The number of aromatic nitrogens is 1. The molecule has 0 aromatic carbocycles. The molecule has 18 heavy (non-hydrogen) atoms. The summed E-state index contributed by atoms with van der Waals surface area (Å²) in [4.78, 5) is 36.5. The van der Waals surface area contributed by atoms with Gasteiger partial charge in [-0.2, -0.15) is 0 Å². The Morgan fingerprint density at radius 3 is 2.78 bits per heavy atom. The van der Waals surface area contributed by atoms with E-state index in [4.69, 9.17) is 5.11 Å². The van der Waals surface area contributed by atoms with Crippen molar-refractivity contribution < 1.29 is 14.8 Å². The predicted molar refractivity (Wildman–Crippen MR) is 62.4 cm³/mol. The third-order valence-corrected chi connectivity index (χ3v) is 2.57. The van der Waals surface area contributed by atoms with E-state index in [2.05, 4.69) is 4.98 Å². The zero-order valence-corrected chi connectivity index (χ0v) is 9.91. The minimum Gasteiger partial charge on any atom is -0.394 e. The maximum atomic E-state index is 11.9. The highest BCUT2D eigenvalue weighted by Crippen LogP contribution is 2.10. The SMILES string of the molecule is CC(CO)N(C)C(=O)c1cc([N+](=O)[O-])c[nH]c1=O. The summed E-state index contributed by atoms with van der Waals surface area (Å²) in [6.45, 7) is 1.32. The molecule has 8 heteroatoms. The number of nitrogens with one attached hydrogen (secondary N) is 1. The third-order valence-electron chi connectivity index (χ3n) is 2.57. The first-order valence-electron chi connectivity index (χ1n) is 5.13. The van der Waals surface area contributed by atoms with Crippen molar-refractivity contribution >= 4 is 11.6 Å². The van der Waals surface area contributed by atoms with Crippen molar-refractivity contribution in [2.75, 3.05) is 13.7 Å². The number of pyridine rings is 1. The van der Waals surface area contributed by atoms with E-state index in [-0.39, 0.29) is 17.9 Å². The van der Waals surface area contributed by atoms with E-state index in [1.165, 1.54) is 7.05 Å². The minimum absolute atomic E-state index is 0.269. The Labute approximate surface area is 102 Å². The molecule has 0 radical (unpaired) electrons. The van der Waals surface area contributed by atoms with E-state index in [1.54, 1.807) is 6.92 Å². The van der Waals surface area contributed by atoms with Crippen LogP contribution in [0.2, 0.25) is 0 Å². The molecular weight excluding hydrogens is 242 g/mol. The van der Waals surface area contributed by atoms with E-state index in [1.807, 2.05) is 0 Å². The number of nitro groups is 1. The van der Waals surface area contributed by atoms with Gasteiger partial charge in [-0.05, 0) is 6.92 Å². The number of amides is 1. The van der Waals surface area contributed by atoms with Gasteiger partial charge < -0.3 is 15.0 Å². The van der Waals surface area contributed by atoms with E-state index < -0.39 is 22.4 Å². The van der Waals surface area contributed by atoms with Crippen molar-refractivity contribution in [3.63, 3.8) is 0 Å². The quantitative estimate of drug-likeness (QED) is 0.567. The Bertz CT molecular complexity index is 524. The van der Waals surface area contributed by atoms with Gasteiger partial charge in [-0.1, -0.05) is 0 Å². The van der Waals surface area contributed by atoms with Gasteiger partial charge in [-0.25, -0.2) is 0 Å². The van der Waals surface area contributed by atoms with Gasteiger partial charge in [0.25, 0.3) is 17.2 Å². The summed E-state index contributed by atoms with van der Waals surface area (Å²) in [6.07, 6.45) is 0.925. The molecule has 98 valence electrons. The van der Waals surface area contributed by atoms with Crippen LogP contribution in [0.15, 0.2) is 17.1 Å². The van der Waals surface area contributed by atoms with Crippen molar-refractivity contribution in [1.29, 1.82) is 0 Å². The van der Waals surface area contributed by atoms with Gasteiger partial charge in [0.2, 0.25) is 0 Å². The molecule has 0 saturated carbocycles. The number of aliphatic hydroxyl groups is 1. The fourth-order valence-electron chi connectivity index (χ4n) is 1.25. The zero-order valence-electron chi connectivity index (χ0n) is 9.91. The molecule has 1 rings (SSSR count). The highest BCUT2D eigenvalue weighted by atomic mass is 16.6. The highest BCUT2D eigenvalue weighted by Gasteiger charge is 2.22. The molecule has 0 bridgehead atoms. The number of aromatic amines is 1. The first-order chi connectivity index (χ1) is 8.38. The monoisotopic (exact) mass is 255 g/mol. The van der Waals surface area contributed by atoms with Crippen molar-refractivity contribution in [3.05, 3.63) is 38.3 Å². The van der Waals surface area contributed by atoms with Crippen LogP contribution in [0.5, 0.6) is 0 Å². The van der Waals surface area contributed by atoms with Gasteiger partial charge in [0.15, 0.2) is 0 Å². The number of hydrogen-bond acceptors (Lipinski definition) is 5. The van der Waals surface area contributed by atoms with Gasteiger partial charge in [0.05, 0.1) is 23.8 Å². The van der Waals surface area contributed by atoms with Crippen molar-refractivity contribution in [2.45, 2.75) is 13.0 Å². The van der Waals surface area contributed by atoms with Gasteiger partial charge in [0, 0.05) is 13.1 Å². The lowest BCUT2D eigenvalue weighted by Crippen LogP contribution is -2.39. The Balaban J connectivity index is 3.16. The van der Waals surface area contributed by atoms with Crippen LogP contribution in [0.1, 0.15) is 17.3 Å². The van der Waals surface area contributed by atoms with Crippen molar-refractivity contribution in [1.82, 2.24) is 9.88 Å². The number of likely N-dealkylation sites (N-methyl/N-ethyl adjacent to an activating group) is 1. The average molecular weight is 255 g/mol. The second kappa shape index (κ2) is 5.41. The van der Waals surface area contributed by atoms with Crippen LogP contribution < -0.4 is 5.56 Å². The molecule has 2 N–H and O–H groups in total. The van der Waals surface area contributed by atoms with Crippen LogP contribution in [-0.4, -0.2) is 45.5 Å². The minimum atomic E-state index is -0.706.